The topological polar surface area (TPSA) is 33.1 Å². The summed E-state index contributed by atoms with van der Waals surface area (Å²) in [4.78, 5) is 5.70. The van der Waals surface area contributed by atoms with Crippen LogP contribution >= 0.6 is 11.3 Å². The molecular weight excluding hydrogens is 266 g/mol. The number of aliphatic hydroxyl groups excluding tert-OH is 1. The van der Waals surface area contributed by atoms with E-state index in [1.807, 2.05) is 18.3 Å². The molecule has 0 atom stereocenters. The first-order valence-corrected chi connectivity index (χ1v) is 7.70. The van der Waals surface area contributed by atoms with Crippen LogP contribution in [0.5, 0.6) is 0 Å². The summed E-state index contributed by atoms with van der Waals surface area (Å²) >= 11 is 1.80. The van der Waals surface area contributed by atoms with Gasteiger partial charge in [-0.15, -0.1) is 11.3 Å². The third-order valence-corrected chi connectivity index (χ3v) is 4.75. The van der Waals surface area contributed by atoms with Gasteiger partial charge in [-0.3, -0.25) is 4.98 Å². The summed E-state index contributed by atoms with van der Waals surface area (Å²) in [6, 6.07) is 14.5. The van der Waals surface area contributed by atoms with Crippen molar-refractivity contribution < 1.29 is 5.11 Å². The van der Waals surface area contributed by atoms with Crippen LogP contribution in [0.3, 0.4) is 0 Å². The fourth-order valence-corrected chi connectivity index (χ4v) is 3.77. The number of fused-ring (bicyclic) bond motifs is 1. The molecular formula is C17H17NOS. The molecule has 3 rings (SSSR count). The summed E-state index contributed by atoms with van der Waals surface area (Å²) in [7, 11) is 0. The van der Waals surface area contributed by atoms with E-state index in [4.69, 9.17) is 0 Å². The van der Waals surface area contributed by atoms with E-state index in [0.717, 1.165) is 25.0 Å². The van der Waals surface area contributed by atoms with Crippen molar-refractivity contribution >= 4 is 21.4 Å². The van der Waals surface area contributed by atoms with Gasteiger partial charge >= 0.3 is 0 Å². The van der Waals surface area contributed by atoms with E-state index < -0.39 is 0 Å². The van der Waals surface area contributed by atoms with E-state index in [-0.39, 0.29) is 6.61 Å². The number of benzene rings is 1. The number of rotatable bonds is 5. The molecule has 0 unspecified atom stereocenters. The van der Waals surface area contributed by atoms with Gasteiger partial charge in [0.1, 0.15) is 0 Å². The van der Waals surface area contributed by atoms with Gasteiger partial charge in [0.15, 0.2) is 0 Å². The van der Waals surface area contributed by atoms with Crippen LogP contribution in [0.2, 0.25) is 0 Å². The average molecular weight is 283 g/mol. The van der Waals surface area contributed by atoms with Gasteiger partial charge in [-0.2, -0.15) is 0 Å². The Balaban J connectivity index is 1.90. The van der Waals surface area contributed by atoms with Crippen LogP contribution < -0.4 is 0 Å². The van der Waals surface area contributed by atoms with E-state index in [1.165, 1.54) is 20.5 Å². The Morgan fingerprint density at radius 1 is 0.950 bits per heavy atom. The van der Waals surface area contributed by atoms with Crippen LogP contribution in [0.15, 0.2) is 48.7 Å². The molecule has 0 aliphatic heterocycles. The van der Waals surface area contributed by atoms with Crippen molar-refractivity contribution in [2.75, 3.05) is 6.61 Å². The van der Waals surface area contributed by atoms with Crippen molar-refractivity contribution in [1.82, 2.24) is 4.98 Å². The van der Waals surface area contributed by atoms with Gasteiger partial charge in [-0.25, -0.2) is 0 Å². The Kier molecular flexibility index (Phi) is 4.09. The molecule has 3 heteroatoms. The number of aromatic nitrogens is 1. The van der Waals surface area contributed by atoms with Crippen molar-refractivity contribution in [3.8, 4) is 0 Å². The smallest absolute Gasteiger partial charge is 0.0479 e. The Labute approximate surface area is 122 Å². The molecule has 0 saturated carbocycles. The molecule has 20 heavy (non-hydrogen) atoms. The molecule has 0 fully saturated rings. The Hall–Kier alpha value is -1.71. The highest BCUT2D eigenvalue weighted by Gasteiger charge is 2.11. The largest absolute Gasteiger partial charge is 0.396 e. The van der Waals surface area contributed by atoms with Crippen molar-refractivity contribution in [2.45, 2.75) is 19.3 Å². The van der Waals surface area contributed by atoms with Gasteiger partial charge < -0.3 is 5.11 Å². The molecule has 0 amide bonds. The molecule has 2 aromatic heterocycles. The molecule has 1 aromatic carbocycles. The van der Waals surface area contributed by atoms with Crippen LogP contribution in [-0.2, 0) is 19.3 Å². The molecule has 0 spiro atoms. The molecule has 2 nitrogen and oxygen atoms in total. The van der Waals surface area contributed by atoms with Crippen molar-refractivity contribution in [3.05, 3.63) is 64.8 Å². The molecule has 102 valence electrons. The highest BCUT2D eigenvalue weighted by atomic mass is 32.1. The van der Waals surface area contributed by atoms with E-state index in [2.05, 4.69) is 35.3 Å². The summed E-state index contributed by atoms with van der Waals surface area (Å²) < 4.78 is 1.31. The minimum absolute atomic E-state index is 0.212. The van der Waals surface area contributed by atoms with Gasteiger partial charge in [-0.1, -0.05) is 24.3 Å². The first kappa shape index (κ1) is 13.3. The van der Waals surface area contributed by atoms with E-state index in [9.17, 15) is 5.11 Å². The zero-order valence-corrected chi connectivity index (χ0v) is 12.1. The second kappa shape index (κ2) is 6.16. The first-order valence-electron chi connectivity index (χ1n) is 6.88. The zero-order valence-electron chi connectivity index (χ0n) is 11.2. The van der Waals surface area contributed by atoms with E-state index in [0.29, 0.717) is 0 Å². The van der Waals surface area contributed by atoms with Crippen molar-refractivity contribution in [2.24, 2.45) is 0 Å². The zero-order chi connectivity index (χ0) is 13.8. The molecule has 0 bridgehead atoms. The van der Waals surface area contributed by atoms with Gasteiger partial charge in [0.05, 0.1) is 0 Å². The lowest BCUT2D eigenvalue weighted by Crippen LogP contribution is -1.97. The number of hydrogen-bond donors (Lipinski definition) is 1. The van der Waals surface area contributed by atoms with Gasteiger partial charge in [0, 0.05) is 34.5 Å². The SMILES string of the molecule is OCCc1sc2ccccc2c1CCc1ccccn1. The quantitative estimate of drug-likeness (QED) is 0.776. The maximum absolute atomic E-state index is 9.25. The lowest BCUT2D eigenvalue weighted by atomic mass is 10.0. The summed E-state index contributed by atoms with van der Waals surface area (Å²) in [5.74, 6) is 0. The third-order valence-electron chi connectivity index (χ3n) is 3.48. The van der Waals surface area contributed by atoms with Crippen LogP contribution in [0, 0.1) is 0 Å². The lowest BCUT2D eigenvalue weighted by molar-refractivity contribution is 0.300. The predicted octanol–water partition coefficient (Wildman–Crippen LogP) is 3.62. The summed E-state index contributed by atoms with van der Waals surface area (Å²) in [5.41, 5.74) is 2.50. The van der Waals surface area contributed by atoms with E-state index in [1.54, 1.807) is 11.3 Å². The molecule has 1 N–H and O–H groups in total. The first-order chi connectivity index (χ1) is 9.88. The maximum Gasteiger partial charge on any atom is 0.0479 e. The lowest BCUT2D eigenvalue weighted by Gasteiger charge is -2.04. The summed E-state index contributed by atoms with van der Waals surface area (Å²) in [6.07, 6.45) is 4.52. The Bertz CT molecular complexity index is 691. The summed E-state index contributed by atoms with van der Waals surface area (Å²) in [6.45, 7) is 0.212. The molecule has 3 aromatic rings. The maximum atomic E-state index is 9.25. The van der Waals surface area contributed by atoms with Crippen molar-refractivity contribution in [1.29, 1.82) is 0 Å². The summed E-state index contributed by atoms with van der Waals surface area (Å²) in [5, 5.41) is 10.6. The van der Waals surface area contributed by atoms with Crippen LogP contribution in [0.1, 0.15) is 16.1 Å². The highest BCUT2D eigenvalue weighted by Crippen LogP contribution is 2.32. The monoisotopic (exact) mass is 283 g/mol. The minimum atomic E-state index is 0.212. The van der Waals surface area contributed by atoms with E-state index >= 15 is 0 Å². The number of aliphatic hydroxyl groups is 1. The molecule has 0 saturated heterocycles. The second-order valence-electron chi connectivity index (χ2n) is 4.79. The Morgan fingerprint density at radius 2 is 1.80 bits per heavy atom. The fourth-order valence-electron chi connectivity index (χ4n) is 2.53. The molecule has 0 radical (unpaired) electrons. The normalized spacial score (nSPS) is 11.1. The van der Waals surface area contributed by atoms with Crippen LogP contribution in [0.4, 0.5) is 0 Å². The number of thiophene rings is 1. The third kappa shape index (κ3) is 2.74. The number of hydrogen-bond acceptors (Lipinski definition) is 3. The molecule has 0 aliphatic rings. The molecule has 0 aliphatic carbocycles. The number of aryl methyl sites for hydroxylation is 2. The standard InChI is InChI=1S/C17H17NOS/c19-12-10-17-15(9-8-13-5-3-4-11-18-13)14-6-1-2-7-16(14)20-17/h1-7,11,19H,8-10,12H2. The van der Waals surface area contributed by atoms with Gasteiger partial charge in [0.2, 0.25) is 0 Å². The van der Waals surface area contributed by atoms with Crippen molar-refractivity contribution in [3.63, 3.8) is 0 Å². The van der Waals surface area contributed by atoms with Crippen LogP contribution in [-0.4, -0.2) is 16.7 Å². The van der Waals surface area contributed by atoms with Gasteiger partial charge in [0.25, 0.3) is 0 Å². The minimum Gasteiger partial charge on any atom is -0.396 e. The molecule has 2 heterocycles. The number of nitrogens with zero attached hydrogens (tertiary/aromatic N) is 1. The average Bonchev–Trinajstić information content (AvgIpc) is 2.84. The second-order valence-corrected chi connectivity index (χ2v) is 5.93. The number of pyridine rings is 1. The van der Waals surface area contributed by atoms with Gasteiger partial charge in [-0.05, 0) is 42.0 Å². The Morgan fingerprint density at radius 3 is 2.60 bits per heavy atom. The highest BCUT2D eigenvalue weighted by molar-refractivity contribution is 7.19. The van der Waals surface area contributed by atoms with Crippen LogP contribution in [0.25, 0.3) is 10.1 Å². The predicted molar refractivity (Wildman–Crippen MR) is 84.3 cm³/mol. The fraction of sp³-hybridized carbons (Fsp3) is 0.235.